The minimum Gasteiger partial charge on any atom is -0.489 e. The molecule has 0 aliphatic carbocycles. The van der Waals surface area contributed by atoms with Crippen molar-refractivity contribution >= 4 is 11.4 Å². The fraction of sp³-hybridized carbons (Fsp3) is 0.571. The molecular formula is C14H24N2O2. The van der Waals surface area contributed by atoms with Gasteiger partial charge in [0.2, 0.25) is 0 Å². The Kier molecular flexibility index (Phi) is 5.78. The normalized spacial score (nSPS) is 12.5. The van der Waals surface area contributed by atoms with Crippen LogP contribution in [0.25, 0.3) is 0 Å². The lowest BCUT2D eigenvalue weighted by molar-refractivity contribution is 0.176. The van der Waals surface area contributed by atoms with Crippen LogP contribution in [0, 0.1) is 0 Å². The SMILES string of the molecule is CCCC(O)CNc1cccc(OC(C)C)c1N. The van der Waals surface area contributed by atoms with Gasteiger partial charge in [0.1, 0.15) is 5.75 Å². The number of aliphatic hydroxyl groups excluding tert-OH is 1. The van der Waals surface area contributed by atoms with E-state index < -0.39 is 0 Å². The number of aliphatic hydroxyl groups is 1. The van der Waals surface area contributed by atoms with Gasteiger partial charge in [-0.3, -0.25) is 0 Å². The third-order valence-electron chi connectivity index (χ3n) is 2.58. The molecule has 4 N–H and O–H groups in total. The largest absolute Gasteiger partial charge is 0.489 e. The van der Waals surface area contributed by atoms with Crippen LogP contribution in [0.15, 0.2) is 18.2 Å². The van der Waals surface area contributed by atoms with Crippen LogP contribution in [-0.4, -0.2) is 23.9 Å². The summed E-state index contributed by atoms with van der Waals surface area (Å²) in [5, 5.41) is 12.8. The van der Waals surface area contributed by atoms with Gasteiger partial charge in [-0.2, -0.15) is 0 Å². The molecule has 1 aromatic carbocycles. The number of ether oxygens (including phenoxy) is 1. The molecule has 0 fully saturated rings. The van der Waals surface area contributed by atoms with Crippen LogP contribution in [0.2, 0.25) is 0 Å². The predicted molar refractivity (Wildman–Crippen MR) is 76.0 cm³/mol. The van der Waals surface area contributed by atoms with Crippen LogP contribution < -0.4 is 15.8 Å². The summed E-state index contributed by atoms with van der Waals surface area (Å²) in [6, 6.07) is 5.63. The zero-order valence-electron chi connectivity index (χ0n) is 11.4. The van der Waals surface area contributed by atoms with E-state index in [0.717, 1.165) is 18.5 Å². The first kappa shape index (κ1) is 14.6. The molecule has 0 aliphatic rings. The molecule has 1 rings (SSSR count). The van der Waals surface area contributed by atoms with Gasteiger partial charge < -0.3 is 20.9 Å². The molecule has 0 bridgehead atoms. The molecule has 4 heteroatoms. The van der Waals surface area contributed by atoms with E-state index in [1.807, 2.05) is 32.0 Å². The molecule has 0 saturated carbocycles. The second-order valence-electron chi connectivity index (χ2n) is 4.71. The Labute approximate surface area is 109 Å². The maximum atomic E-state index is 9.68. The van der Waals surface area contributed by atoms with Gasteiger partial charge in [-0.05, 0) is 32.4 Å². The molecule has 102 valence electrons. The molecule has 1 unspecified atom stereocenters. The number of nitrogen functional groups attached to an aromatic ring is 1. The van der Waals surface area contributed by atoms with Gasteiger partial charge in [-0.25, -0.2) is 0 Å². The Morgan fingerprint density at radius 1 is 1.39 bits per heavy atom. The highest BCUT2D eigenvalue weighted by molar-refractivity contribution is 5.72. The van der Waals surface area contributed by atoms with Crippen LogP contribution in [0.3, 0.4) is 0 Å². The number of hydrogen-bond acceptors (Lipinski definition) is 4. The highest BCUT2D eigenvalue weighted by Gasteiger charge is 2.09. The molecule has 0 heterocycles. The molecule has 18 heavy (non-hydrogen) atoms. The van der Waals surface area contributed by atoms with Gasteiger partial charge in [-0.1, -0.05) is 19.4 Å². The fourth-order valence-corrected chi connectivity index (χ4v) is 1.72. The first-order valence-electron chi connectivity index (χ1n) is 6.51. The average molecular weight is 252 g/mol. The Bertz CT molecular complexity index is 367. The minimum absolute atomic E-state index is 0.0910. The average Bonchev–Trinajstić information content (AvgIpc) is 2.30. The molecular weight excluding hydrogens is 228 g/mol. The summed E-state index contributed by atoms with van der Waals surface area (Å²) in [4.78, 5) is 0. The van der Waals surface area contributed by atoms with Crippen molar-refractivity contribution in [3.05, 3.63) is 18.2 Å². The molecule has 4 nitrogen and oxygen atoms in total. The van der Waals surface area contributed by atoms with Crippen molar-refractivity contribution in [3.8, 4) is 5.75 Å². The van der Waals surface area contributed by atoms with E-state index in [1.165, 1.54) is 0 Å². The van der Waals surface area contributed by atoms with E-state index in [1.54, 1.807) is 0 Å². The maximum absolute atomic E-state index is 9.68. The first-order chi connectivity index (χ1) is 8.54. The lowest BCUT2D eigenvalue weighted by Crippen LogP contribution is -2.19. The summed E-state index contributed by atoms with van der Waals surface area (Å²) in [7, 11) is 0. The highest BCUT2D eigenvalue weighted by Crippen LogP contribution is 2.30. The molecule has 0 saturated heterocycles. The lowest BCUT2D eigenvalue weighted by atomic mass is 10.2. The van der Waals surface area contributed by atoms with Gasteiger partial charge in [0.25, 0.3) is 0 Å². The summed E-state index contributed by atoms with van der Waals surface area (Å²) in [5.74, 6) is 0.681. The lowest BCUT2D eigenvalue weighted by Gasteiger charge is -2.17. The standard InChI is InChI=1S/C14H24N2O2/c1-4-6-11(17)9-16-12-7-5-8-13(14(12)15)18-10(2)3/h5,7-8,10-11,16-17H,4,6,9,15H2,1-3H3. The van der Waals surface area contributed by atoms with Gasteiger partial charge in [0.15, 0.2) is 0 Å². The molecule has 0 aromatic heterocycles. The number of hydrogen-bond donors (Lipinski definition) is 3. The van der Waals surface area contributed by atoms with E-state index in [-0.39, 0.29) is 12.2 Å². The first-order valence-corrected chi connectivity index (χ1v) is 6.51. The van der Waals surface area contributed by atoms with E-state index in [2.05, 4.69) is 12.2 Å². The van der Waals surface area contributed by atoms with Crippen molar-refractivity contribution in [1.82, 2.24) is 0 Å². The minimum atomic E-state index is -0.343. The zero-order valence-corrected chi connectivity index (χ0v) is 11.4. The third-order valence-corrected chi connectivity index (χ3v) is 2.58. The molecule has 0 amide bonds. The fourth-order valence-electron chi connectivity index (χ4n) is 1.72. The summed E-state index contributed by atoms with van der Waals surface area (Å²) in [6.07, 6.45) is 1.50. The van der Waals surface area contributed by atoms with Crippen molar-refractivity contribution in [1.29, 1.82) is 0 Å². The van der Waals surface area contributed by atoms with Crippen LogP contribution in [0.4, 0.5) is 11.4 Å². The molecule has 0 aliphatic heterocycles. The Morgan fingerprint density at radius 3 is 2.72 bits per heavy atom. The monoisotopic (exact) mass is 252 g/mol. The number of nitrogens with two attached hydrogens (primary N) is 1. The highest BCUT2D eigenvalue weighted by atomic mass is 16.5. The number of nitrogens with one attached hydrogen (secondary N) is 1. The van der Waals surface area contributed by atoms with E-state index in [0.29, 0.717) is 18.0 Å². The molecule has 1 atom stereocenters. The second-order valence-corrected chi connectivity index (χ2v) is 4.71. The summed E-state index contributed by atoms with van der Waals surface area (Å²) >= 11 is 0. The van der Waals surface area contributed by atoms with Crippen LogP contribution in [-0.2, 0) is 0 Å². The van der Waals surface area contributed by atoms with Crippen molar-refractivity contribution in [2.45, 2.75) is 45.8 Å². The number of rotatable bonds is 7. The smallest absolute Gasteiger partial charge is 0.144 e. The van der Waals surface area contributed by atoms with Crippen molar-refractivity contribution in [3.63, 3.8) is 0 Å². The quantitative estimate of drug-likeness (QED) is 0.653. The van der Waals surface area contributed by atoms with Crippen molar-refractivity contribution in [2.75, 3.05) is 17.6 Å². The summed E-state index contributed by atoms with van der Waals surface area (Å²) in [6.45, 7) is 6.48. The number of anilines is 2. The van der Waals surface area contributed by atoms with Gasteiger partial charge in [0.05, 0.1) is 23.6 Å². The van der Waals surface area contributed by atoms with Crippen LogP contribution in [0.1, 0.15) is 33.6 Å². The number of benzene rings is 1. The van der Waals surface area contributed by atoms with Crippen LogP contribution in [0.5, 0.6) is 5.75 Å². The van der Waals surface area contributed by atoms with Gasteiger partial charge >= 0.3 is 0 Å². The van der Waals surface area contributed by atoms with Crippen molar-refractivity contribution in [2.24, 2.45) is 0 Å². The second kappa shape index (κ2) is 7.11. The third kappa shape index (κ3) is 4.45. The van der Waals surface area contributed by atoms with Gasteiger partial charge in [0, 0.05) is 6.54 Å². The summed E-state index contributed by atoms with van der Waals surface area (Å²) < 4.78 is 5.61. The zero-order chi connectivity index (χ0) is 13.5. The molecule has 1 aromatic rings. The van der Waals surface area contributed by atoms with E-state index in [4.69, 9.17) is 10.5 Å². The molecule has 0 radical (unpaired) electrons. The number of para-hydroxylation sites is 1. The predicted octanol–water partition coefficient (Wildman–Crippen LogP) is 2.63. The summed E-state index contributed by atoms with van der Waals surface area (Å²) in [5.41, 5.74) is 7.42. The Balaban J connectivity index is 2.65. The van der Waals surface area contributed by atoms with Crippen molar-refractivity contribution < 1.29 is 9.84 Å². The van der Waals surface area contributed by atoms with E-state index in [9.17, 15) is 5.11 Å². The topological polar surface area (TPSA) is 67.5 Å². The van der Waals surface area contributed by atoms with Crippen LogP contribution >= 0.6 is 0 Å². The molecule has 0 spiro atoms. The maximum Gasteiger partial charge on any atom is 0.144 e. The Hall–Kier alpha value is -1.42. The van der Waals surface area contributed by atoms with Gasteiger partial charge in [-0.15, -0.1) is 0 Å². The van der Waals surface area contributed by atoms with E-state index >= 15 is 0 Å². The Morgan fingerprint density at radius 2 is 2.11 bits per heavy atom.